The van der Waals surface area contributed by atoms with Crippen LogP contribution >= 0.6 is 22.7 Å². The van der Waals surface area contributed by atoms with E-state index in [2.05, 4.69) is 15.5 Å². The van der Waals surface area contributed by atoms with Gasteiger partial charge in [0.05, 0.1) is 5.00 Å². The topological polar surface area (TPSA) is 58.1 Å². The zero-order valence-electron chi connectivity index (χ0n) is 13.9. The normalized spacial score (nSPS) is 17.3. The molecular weight excluding hydrogens is 371 g/mol. The number of urea groups is 1. The van der Waals surface area contributed by atoms with Gasteiger partial charge in [0.15, 0.2) is 5.01 Å². The quantitative estimate of drug-likeness (QED) is 0.700. The molecule has 1 aromatic carbocycles. The lowest BCUT2D eigenvalue weighted by Gasteiger charge is -2.31. The lowest BCUT2D eigenvalue weighted by molar-refractivity contribution is 0.192. The summed E-state index contributed by atoms with van der Waals surface area (Å²) in [5.74, 6) is -0.161. The molecule has 3 aromatic rings. The Balaban J connectivity index is 1.46. The molecule has 1 aliphatic heterocycles. The van der Waals surface area contributed by atoms with Crippen LogP contribution in [0.3, 0.4) is 0 Å². The van der Waals surface area contributed by atoms with Gasteiger partial charge in [-0.25, -0.2) is 9.18 Å². The fourth-order valence-corrected chi connectivity index (χ4v) is 4.64. The van der Waals surface area contributed by atoms with Crippen molar-refractivity contribution in [3.63, 3.8) is 0 Å². The summed E-state index contributed by atoms with van der Waals surface area (Å²) in [7, 11) is 0. The number of likely N-dealkylation sites (tertiary alicyclic amines) is 1. The maximum absolute atomic E-state index is 14.0. The van der Waals surface area contributed by atoms with Crippen LogP contribution < -0.4 is 5.32 Å². The predicted molar refractivity (Wildman–Crippen MR) is 102 cm³/mol. The van der Waals surface area contributed by atoms with Crippen molar-refractivity contribution in [1.29, 1.82) is 0 Å². The first-order valence-electron chi connectivity index (χ1n) is 8.38. The van der Waals surface area contributed by atoms with E-state index >= 15 is 0 Å². The SMILES string of the molecule is O=C(Nc1cccs1)N1CCC[C@@H](c2nnc(-c3ccccc3F)s2)C1. The van der Waals surface area contributed by atoms with Crippen LogP contribution in [0.4, 0.5) is 14.2 Å². The number of rotatable bonds is 3. The standard InChI is InChI=1S/C18H17FN4OS2/c19-14-7-2-1-6-13(14)17-22-21-16(26-17)12-5-3-9-23(11-12)18(24)20-15-8-4-10-25-15/h1-2,4,6-8,10,12H,3,5,9,11H2,(H,20,24)/t12-/m1/s1. The molecule has 4 rings (SSSR count). The van der Waals surface area contributed by atoms with Crippen LogP contribution in [0, 0.1) is 5.82 Å². The Morgan fingerprint density at radius 2 is 2.12 bits per heavy atom. The van der Waals surface area contributed by atoms with E-state index < -0.39 is 0 Å². The van der Waals surface area contributed by atoms with Crippen LogP contribution in [-0.4, -0.2) is 34.2 Å². The van der Waals surface area contributed by atoms with Crippen LogP contribution in [0.15, 0.2) is 41.8 Å². The minimum absolute atomic E-state index is 0.0870. The molecule has 1 saturated heterocycles. The third-order valence-electron chi connectivity index (χ3n) is 4.35. The summed E-state index contributed by atoms with van der Waals surface area (Å²) in [6.07, 6.45) is 1.87. The molecular formula is C18H17FN4OS2. The summed E-state index contributed by atoms with van der Waals surface area (Å²) >= 11 is 2.91. The zero-order chi connectivity index (χ0) is 17.9. The van der Waals surface area contributed by atoms with E-state index in [0.29, 0.717) is 17.1 Å². The summed E-state index contributed by atoms with van der Waals surface area (Å²) in [6.45, 7) is 1.33. The third kappa shape index (κ3) is 3.61. The number of hydrogen-bond acceptors (Lipinski definition) is 5. The van der Waals surface area contributed by atoms with Gasteiger partial charge in [0, 0.05) is 24.6 Å². The molecule has 8 heteroatoms. The Morgan fingerprint density at radius 1 is 1.23 bits per heavy atom. The van der Waals surface area contributed by atoms with Crippen molar-refractivity contribution in [3.05, 3.63) is 52.6 Å². The molecule has 2 aromatic heterocycles. The van der Waals surface area contributed by atoms with Gasteiger partial charge in [-0.2, -0.15) is 0 Å². The maximum atomic E-state index is 14.0. The molecule has 134 valence electrons. The number of aromatic nitrogens is 2. The zero-order valence-corrected chi connectivity index (χ0v) is 15.5. The highest BCUT2D eigenvalue weighted by Gasteiger charge is 2.27. The average Bonchev–Trinajstić information content (AvgIpc) is 3.34. The van der Waals surface area contributed by atoms with E-state index in [1.54, 1.807) is 18.2 Å². The molecule has 0 radical (unpaired) electrons. The molecule has 1 N–H and O–H groups in total. The molecule has 3 heterocycles. The van der Waals surface area contributed by atoms with Gasteiger partial charge in [-0.3, -0.25) is 5.32 Å². The van der Waals surface area contributed by atoms with Gasteiger partial charge in [0.2, 0.25) is 0 Å². The van der Waals surface area contributed by atoms with E-state index in [0.717, 1.165) is 29.4 Å². The smallest absolute Gasteiger partial charge is 0.322 e. The second-order valence-electron chi connectivity index (χ2n) is 6.12. The molecule has 0 bridgehead atoms. The number of carbonyl (C=O) groups is 1. The van der Waals surface area contributed by atoms with Gasteiger partial charge in [0.1, 0.15) is 10.8 Å². The number of amides is 2. The second-order valence-corrected chi connectivity index (χ2v) is 8.07. The van der Waals surface area contributed by atoms with Crippen molar-refractivity contribution in [1.82, 2.24) is 15.1 Å². The van der Waals surface area contributed by atoms with E-state index in [9.17, 15) is 9.18 Å². The number of halogens is 1. The van der Waals surface area contributed by atoms with E-state index in [4.69, 9.17) is 0 Å². The molecule has 1 atom stereocenters. The molecule has 1 fully saturated rings. The number of nitrogens with zero attached hydrogens (tertiary/aromatic N) is 3. The van der Waals surface area contributed by atoms with Gasteiger partial charge < -0.3 is 4.90 Å². The average molecular weight is 388 g/mol. The maximum Gasteiger partial charge on any atom is 0.322 e. The fourth-order valence-electron chi connectivity index (χ4n) is 3.04. The first-order valence-corrected chi connectivity index (χ1v) is 10.1. The lowest BCUT2D eigenvalue weighted by Crippen LogP contribution is -2.41. The van der Waals surface area contributed by atoms with Crippen molar-refractivity contribution in [2.24, 2.45) is 0 Å². The van der Waals surface area contributed by atoms with Gasteiger partial charge in [-0.1, -0.05) is 23.5 Å². The second kappa shape index (κ2) is 7.51. The van der Waals surface area contributed by atoms with E-state index in [1.807, 2.05) is 22.4 Å². The largest absolute Gasteiger partial charge is 0.324 e. The molecule has 2 amide bonds. The molecule has 1 aliphatic rings. The van der Waals surface area contributed by atoms with Crippen LogP contribution in [0.1, 0.15) is 23.8 Å². The molecule has 0 aliphatic carbocycles. The molecule has 5 nitrogen and oxygen atoms in total. The predicted octanol–water partition coefficient (Wildman–Crippen LogP) is 4.82. The van der Waals surface area contributed by atoms with E-state index in [1.165, 1.54) is 28.7 Å². The molecule has 0 saturated carbocycles. The molecule has 0 spiro atoms. The van der Waals surface area contributed by atoms with E-state index in [-0.39, 0.29) is 17.8 Å². The monoisotopic (exact) mass is 388 g/mol. The van der Waals surface area contributed by atoms with Crippen LogP contribution in [0.25, 0.3) is 10.6 Å². The van der Waals surface area contributed by atoms with Crippen molar-refractivity contribution < 1.29 is 9.18 Å². The van der Waals surface area contributed by atoms with Gasteiger partial charge in [-0.15, -0.1) is 21.5 Å². The van der Waals surface area contributed by atoms with Crippen LogP contribution in [-0.2, 0) is 0 Å². The molecule has 0 unspecified atom stereocenters. The first kappa shape index (κ1) is 17.1. The number of thiophene rings is 1. The Morgan fingerprint density at radius 3 is 2.92 bits per heavy atom. The Labute approximate surface area is 158 Å². The van der Waals surface area contributed by atoms with Crippen molar-refractivity contribution in [2.45, 2.75) is 18.8 Å². The van der Waals surface area contributed by atoms with Crippen molar-refractivity contribution in [3.8, 4) is 10.6 Å². The highest BCUT2D eigenvalue weighted by Crippen LogP contribution is 2.33. The highest BCUT2D eigenvalue weighted by atomic mass is 32.1. The number of carbonyl (C=O) groups excluding carboxylic acids is 1. The third-order valence-corrected chi connectivity index (χ3v) is 6.26. The summed E-state index contributed by atoms with van der Waals surface area (Å²) in [5, 5.41) is 15.6. The van der Waals surface area contributed by atoms with Crippen LogP contribution in [0.5, 0.6) is 0 Å². The van der Waals surface area contributed by atoms with Crippen molar-refractivity contribution in [2.75, 3.05) is 18.4 Å². The number of benzene rings is 1. The summed E-state index contributed by atoms with van der Waals surface area (Å²) in [4.78, 5) is 14.3. The van der Waals surface area contributed by atoms with Gasteiger partial charge >= 0.3 is 6.03 Å². The highest BCUT2D eigenvalue weighted by molar-refractivity contribution is 7.14. The Bertz CT molecular complexity index is 896. The number of hydrogen-bond donors (Lipinski definition) is 1. The van der Waals surface area contributed by atoms with Crippen LogP contribution in [0.2, 0.25) is 0 Å². The summed E-state index contributed by atoms with van der Waals surface area (Å²) < 4.78 is 14.0. The summed E-state index contributed by atoms with van der Waals surface area (Å²) in [5.41, 5.74) is 0.472. The number of piperidine rings is 1. The lowest BCUT2D eigenvalue weighted by atomic mass is 9.99. The fraction of sp³-hybridized carbons (Fsp3) is 0.278. The number of anilines is 1. The minimum atomic E-state index is -0.296. The van der Waals surface area contributed by atoms with Crippen molar-refractivity contribution >= 4 is 33.7 Å². The number of nitrogens with one attached hydrogen (secondary N) is 1. The summed E-state index contributed by atoms with van der Waals surface area (Å²) in [6, 6.07) is 10.3. The minimum Gasteiger partial charge on any atom is -0.324 e. The molecule has 26 heavy (non-hydrogen) atoms. The Kier molecular flexibility index (Phi) is 4.94. The van der Waals surface area contributed by atoms with Gasteiger partial charge in [0.25, 0.3) is 0 Å². The first-order chi connectivity index (χ1) is 12.7. The van der Waals surface area contributed by atoms with Gasteiger partial charge in [-0.05, 0) is 42.5 Å². The Hall–Kier alpha value is -2.32.